The van der Waals surface area contributed by atoms with Gasteiger partial charge in [-0.1, -0.05) is 0 Å². The normalized spacial score (nSPS) is 21.8. The molecule has 7 aromatic heterocycles. The van der Waals surface area contributed by atoms with Gasteiger partial charge in [0.15, 0.2) is 11.6 Å². The Labute approximate surface area is 369 Å². The average Bonchev–Trinajstić information content (AvgIpc) is 3.95. The molecular weight excluding hydrogens is 810 g/mol. The number of pyridine rings is 5. The van der Waals surface area contributed by atoms with Crippen LogP contribution in [0.2, 0.25) is 0 Å². The Morgan fingerprint density at radius 2 is 1.22 bits per heavy atom. The first-order chi connectivity index (χ1) is 31.2. The minimum absolute atomic E-state index is 0.227. The van der Waals surface area contributed by atoms with Crippen molar-refractivity contribution in [2.75, 3.05) is 54.5 Å². The van der Waals surface area contributed by atoms with E-state index in [0.717, 1.165) is 83.2 Å². The lowest BCUT2D eigenvalue weighted by atomic mass is 9.66. The summed E-state index contributed by atoms with van der Waals surface area (Å²) in [6.07, 6.45) is 12.8. The molecule has 16 heteroatoms. The molecule has 4 saturated heterocycles. The zero-order valence-electron chi connectivity index (χ0n) is 35.9. The van der Waals surface area contributed by atoms with E-state index >= 15 is 0 Å². The second-order valence-electron chi connectivity index (χ2n) is 17.1. The van der Waals surface area contributed by atoms with E-state index in [4.69, 9.17) is 25.2 Å². The maximum absolute atomic E-state index is 14.2. The van der Waals surface area contributed by atoms with Crippen LogP contribution in [0, 0.1) is 59.1 Å². The van der Waals surface area contributed by atoms with Gasteiger partial charge in [-0.2, -0.15) is 20.7 Å². The fourth-order valence-corrected chi connectivity index (χ4v) is 9.98. The topological polar surface area (TPSA) is 184 Å². The number of nitrogens with two attached hydrogens (primary N) is 1. The molecule has 0 radical (unpaired) electrons. The third-order valence-corrected chi connectivity index (χ3v) is 13.2. The molecule has 11 heterocycles. The van der Waals surface area contributed by atoms with Crippen LogP contribution in [0.15, 0.2) is 85.7 Å². The number of piperidine rings is 4. The number of nitrogens with one attached hydrogen (secondary N) is 1. The van der Waals surface area contributed by atoms with E-state index in [1.54, 1.807) is 39.9 Å². The van der Waals surface area contributed by atoms with Crippen LogP contribution in [0.25, 0.3) is 33.3 Å². The lowest BCUT2D eigenvalue weighted by Crippen LogP contribution is -2.62. The van der Waals surface area contributed by atoms with Crippen LogP contribution < -0.4 is 30.3 Å². The molecule has 15 nitrogen and oxygen atoms in total. The Kier molecular flexibility index (Phi) is 10.7. The summed E-state index contributed by atoms with van der Waals surface area (Å²) < 4.78 is 29.0. The summed E-state index contributed by atoms with van der Waals surface area (Å²) in [4.78, 5) is 18.5. The highest BCUT2D eigenvalue weighted by Gasteiger charge is 2.47. The highest BCUT2D eigenvalue weighted by Crippen LogP contribution is 2.44. The van der Waals surface area contributed by atoms with E-state index in [1.165, 1.54) is 12.5 Å². The number of rotatable bonds is 10. The van der Waals surface area contributed by atoms with E-state index in [2.05, 4.69) is 54.6 Å². The van der Waals surface area contributed by atoms with Gasteiger partial charge in [-0.05, 0) is 106 Å². The van der Waals surface area contributed by atoms with Crippen molar-refractivity contribution in [3.8, 4) is 45.9 Å². The second-order valence-corrected chi connectivity index (χ2v) is 17.1. The summed E-state index contributed by atoms with van der Waals surface area (Å²) in [5, 5.41) is 31.0. The van der Waals surface area contributed by atoms with E-state index in [9.17, 15) is 14.9 Å². The molecule has 324 valence electrons. The Morgan fingerprint density at radius 1 is 0.719 bits per heavy atom. The number of fused-ring (bicyclic) bond motifs is 6. The summed E-state index contributed by atoms with van der Waals surface area (Å²) in [5.74, 6) is 5.36. The first kappa shape index (κ1) is 40.8. The van der Waals surface area contributed by atoms with Gasteiger partial charge in [-0.25, -0.2) is 28.4 Å². The van der Waals surface area contributed by atoms with Crippen LogP contribution in [0.5, 0.6) is 11.5 Å². The van der Waals surface area contributed by atoms with Gasteiger partial charge in [0.05, 0.1) is 60.2 Å². The number of aromatic nitrogens is 7. The fourth-order valence-electron chi connectivity index (χ4n) is 9.98. The molecule has 7 aromatic rings. The molecule has 2 saturated carbocycles. The summed E-state index contributed by atoms with van der Waals surface area (Å²) >= 11 is 0. The summed E-state index contributed by atoms with van der Waals surface area (Å²) in [7, 11) is 0. The molecule has 0 spiro atoms. The van der Waals surface area contributed by atoms with E-state index < -0.39 is 0 Å². The van der Waals surface area contributed by atoms with Crippen molar-refractivity contribution >= 4 is 28.5 Å². The monoisotopic (exact) mass is 857 g/mol. The predicted octanol–water partition coefficient (Wildman–Crippen LogP) is 6.90. The minimum Gasteiger partial charge on any atom is -0.492 e. The first-order valence-corrected chi connectivity index (χ1v) is 21.9. The van der Waals surface area contributed by atoms with Gasteiger partial charge >= 0.3 is 0 Å². The van der Waals surface area contributed by atoms with Crippen LogP contribution >= 0.6 is 0 Å². The molecule has 6 atom stereocenters. The standard InChI is InChI=1S/C27H26FN7O.C21H22N6O/c1-3-36-21-9-22(26-20(10-29)12-31-35(26)15-21)17-5-7-24(30-11-17)34-13-18-8-19(14-34)25(18)33-27-23(28)6-4-16(2)32-27;1-2-28-17-6-18(21-16(7-22)9-25-27(21)12-17)13-3-4-19(24-8-13)26-10-14-5-15(11-26)20(14)23/h4-7,9,11-12,15,18-19,25H,3,8,13-14H2,1-2H3,(H,32,33);3-4,6,8-9,12,14-15,20H,2,5,10-11,23H2,1H3/t18-,19+,25?;14-,15+,20?. The SMILES string of the molecule is CCOc1cc(-c2ccc(N3C[C@H]4C[C@@H](C3)C4N)nc2)c2c(C#N)cnn2c1.CCOc1cc(-c2ccc(N3C[C@H]4C[C@@H](C3)C4Nc3nc(C)ccc3F)nc2)c2c(C#N)cnn2c1. The van der Waals surface area contributed by atoms with E-state index in [1.807, 2.05) is 57.4 Å². The average molecular weight is 858 g/mol. The van der Waals surface area contributed by atoms with E-state index in [-0.39, 0.29) is 11.9 Å². The first-order valence-electron chi connectivity index (χ1n) is 21.9. The van der Waals surface area contributed by atoms with Crippen LogP contribution in [0.3, 0.4) is 0 Å². The molecule has 6 fully saturated rings. The molecule has 3 N–H and O–H groups in total. The van der Waals surface area contributed by atoms with E-state index in [0.29, 0.717) is 71.4 Å². The van der Waals surface area contributed by atoms with Crippen molar-refractivity contribution in [1.82, 2.24) is 34.2 Å². The summed E-state index contributed by atoms with van der Waals surface area (Å²) in [5.41, 5.74) is 13.1. The van der Waals surface area contributed by atoms with Crippen molar-refractivity contribution in [3.05, 3.63) is 108 Å². The van der Waals surface area contributed by atoms with Gasteiger partial charge in [-0.15, -0.1) is 0 Å². The van der Waals surface area contributed by atoms with Gasteiger partial charge in [0.25, 0.3) is 0 Å². The molecule has 4 aliphatic heterocycles. The number of nitrogens with zero attached hydrogens (tertiary/aromatic N) is 11. The molecule has 0 aromatic carbocycles. The molecular formula is C48H48FN13O2. The highest BCUT2D eigenvalue weighted by molar-refractivity contribution is 5.86. The highest BCUT2D eigenvalue weighted by atomic mass is 19.1. The molecule has 6 aliphatic rings. The number of halogens is 1. The van der Waals surface area contributed by atoms with Gasteiger partial charge in [0.1, 0.15) is 35.3 Å². The fraction of sp³-hybridized carbons (Fsp3) is 0.354. The van der Waals surface area contributed by atoms with Gasteiger partial charge in [-0.3, -0.25) is 0 Å². The second kappa shape index (κ2) is 16.8. The molecule has 2 unspecified atom stereocenters. The lowest BCUT2D eigenvalue weighted by molar-refractivity contribution is 0.115. The zero-order valence-corrected chi connectivity index (χ0v) is 35.9. The molecule has 0 amide bonds. The van der Waals surface area contributed by atoms with Gasteiger partial charge in [0.2, 0.25) is 0 Å². The van der Waals surface area contributed by atoms with Crippen molar-refractivity contribution in [2.24, 2.45) is 29.4 Å². The number of hydrogen-bond donors (Lipinski definition) is 2. The molecule has 4 bridgehead atoms. The Hall–Kier alpha value is -7.30. The maximum Gasteiger partial charge on any atom is 0.165 e. The van der Waals surface area contributed by atoms with Crippen LogP contribution in [0.1, 0.15) is 43.5 Å². The summed E-state index contributed by atoms with van der Waals surface area (Å²) in [6, 6.07) is 20.2. The number of ether oxygens (including phenoxy) is 2. The van der Waals surface area contributed by atoms with Crippen LogP contribution in [-0.4, -0.2) is 85.7 Å². The van der Waals surface area contributed by atoms with Crippen molar-refractivity contribution in [2.45, 2.75) is 45.7 Å². The molecule has 13 rings (SSSR count). The minimum atomic E-state index is -0.306. The van der Waals surface area contributed by atoms with Gasteiger partial charge in [0, 0.05) is 78.6 Å². The Bertz CT molecular complexity index is 2910. The molecule has 64 heavy (non-hydrogen) atoms. The smallest absolute Gasteiger partial charge is 0.165 e. The predicted molar refractivity (Wildman–Crippen MR) is 241 cm³/mol. The Morgan fingerprint density at radius 3 is 1.67 bits per heavy atom. The third kappa shape index (κ3) is 7.43. The van der Waals surface area contributed by atoms with Crippen molar-refractivity contribution < 1.29 is 13.9 Å². The maximum atomic E-state index is 14.2. The Balaban J connectivity index is 0.000000156. The zero-order chi connectivity index (χ0) is 44.1. The number of aryl methyl sites for hydroxylation is 1. The van der Waals surface area contributed by atoms with Crippen LogP contribution in [-0.2, 0) is 0 Å². The molecule has 2 aliphatic carbocycles. The number of anilines is 3. The summed E-state index contributed by atoms with van der Waals surface area (Å²) in [6.45, 7) is 10.5. The number of hydrogen-bond acceptors (Lipinski definition) is 13. The number of nitriles is 2. The van der Waals surface area contributed by atoms with Crippen molar-refractivity contribution in [1.29, 1.82) is 10.5 Å². The van der Waals surface area contributed by atoms with Crippen molar-refractivity contribution in [3.63, 3.8) is 0 Å². The van der Waals surface area contributed by atoms with Crippen LogP contribution in [0.4, 0.5) is 21.8 Å². The third-order valence-electron chi connectivity index (χ3n) is 13.2. The largest absolute Gasteiger partial charge is 0.492 e. The lowest BCUT2D eigenvalue weighted by Gasteiger charge is -2.54. The van der Waals surface area contributed by atoms with Gasteiger partial charge < -0.3 is 30.3 Å². The quantitative estimate of drug-likeness (QED) is 0.145.